The highest BCUT2D eigenvalue weighted by Crippen LogP contribution is 2.17. The number of alkyl halides is 1. The van der Waals surface area contributed by atoms with Crippen molar-refractivity contribution in [2.24, 2.45) is 7.05 Å². The summed E-state index contributed by atoms with van der Waals surface area (Å²) in [6.45, 7) is 3.80. The lowest BCUT2D eigenvalue weighted by Gasteiger charge is -2.20. The standard InChI is InChI=1S/C13H19ClN4O3/c1-15-11(3-4-12(15)18(20)21)13(19)17-7-2-6-16(8-5-14)9-10-17/h3-4H,2,5-10H2,1H3. The van der Waals surface area contributed by atoms with E-state index in [4.69, 9.17) is 11.6 Å². The van der Waals surface area contributed by atoms with Crippen LogP contribution in [0, 0.1) is 10.1 Å². The first-order valence-corrected chi connectivity index (χ1v) is 7.45. The molecular weight excluding hydrogens is 296 g/mol. The lowest BCUT2D eigenvalue weighted by molar-refractivity contribution is -0.391. The lowest BCUT2D eigenvalue weighted by Crippen LogP contribution is -2.36. The van der Waals surface area contributed by atoms with Crippen LogP contribution in [0.15, 0.2) is 12.1 Å². The number of hydrogen-bond acceptors (Lipinski definition) is 4. The summed E-state index contributed by atoms with van der Waals surface area (Å²) >= 11 is 5.75. The van der Waals surface area contributed by atoms with E-state index in [0.29, 0.717) is 24.7 Å². The van der Waals surface area contributed by atoms with E-state index in [2.05, 4.69) is 4.90 Å². The quantitative estimate of drug-likeness (QED) is 0.477. The SMILES string of the molecule is Cn1c(C(=O)N2CCCN(CCCl)CC2)ccc1[N+](=O)[O-]. The number of amides is 1. The number of aromatic nitrogens is 1. The van der Waals surface area contributed by atoms with Crippen LogP contribution in [-0.4, -0.2) is 63.8 Å². The van der Waals surface area contributed by atoms with Crippen LogP contribution in [0.5, 0.6) is 0 Å². The highest BCUT2D eigenvalue weighted by molar-refractivity contribution is 6.18. The normalized spacial score (nSPS) is 16.8. The zero-order chi connectivity index (χ0) is 15.4. The molecular formula is C13H19ClN4O3. The van der Waals surface area contributed by atoms with Crippen molar-refractivity contribution in [2.45, 2.75) is 6.42 Å². The molecule has 0 bridgehead atoms. The van der Waals surface area contributed by atoms with Crippen LogP contribution in [0.1, 0.15) is 16.9 Å². The van der Waals surface area contributed by atoms with Gasteiger partial charge in [0.05, 0.1) is 7.05 Å². The molecule has 0 unspecified atom stereocenters. The van der Waals surface area contributed by atoms with Crippen molar-refractivity contribution in [3.05, 3.63) is 27.9 Å². The molecule has 0 saturated carbocycles. The zero-order valence-electron chi connectivity index (χ0n) is 12.0. The Bertz CT molecular complexity index is 531. The summed E-state index contributed by atoms with van der Waals surface area (Å²) in [4.78, 5) is 26.9. The largest absolute Gasteiger partial charge is 0.358 e. The Morgan fingerprint density at radius 3 is 2.71 bits per heavy atom. The third-order valence-corrected chi connectivity index (χ3v) is 3.95. The van der Waals surface area contributed by atoms with Gasteiger partial charge in [0.25, 0.3) is 5.91 Å². The number of carbonyl (C=O) groups excluding carboxylic acids is 1. The molecule has 1 amide bonds. The van der Waals surface area contributed by atoms with Crippen LogP contribution in [0.4, 0.5) is 5.82 Å². The molecule has 0 atom stereocenters. The number of halogens is 1. The van der Waals surface area contributed by atoms with Crippen molar-refractivity contribution in [1.82, 2.24) is 14.4 Å². The zero-order valence-corrected chi connectivity index (χ0v) is 12.8. The lowest BCUT2D eigenvalue weighted by atomic mass is 10.3. The van der Waals surface area contributed by atoms with Crippen molar-refractivity contribution in [3.8, 4) is 0 Å². The number of hydrogen-bond donors (Lipinski definition) is 0. The molecule has 1 saturated heterocycles. The average molecular weight is 315 g/mol. The van der Waals surface area contributed by atoms with Crippen LogP contribution in [0.25, 0.3) is 0 Å². The van der Waals surface area contributed by atoms with Crippen LogP contribution in [0.2, 0.25) is 0 Å². The summed E-state index contributed by atoms with van der Waals surface area (Å²) in [5.74, 6) is 0.355. The summed E-state index contributed by atoms with van der Waals surface area (Å²) in [6, 6.07) is 2.88. The van der Waals surface area contributed by atoms with E-state index in [1.807, 2.05) is 0 Å². The second-order valence-electron chi connectivity index (χ2n) is 5.07. The van der Waals surface area contributed by atoms with Gasteiger partial charge in [0, 0.05) is 38.1 Å². The second-order valence-corrected chi connectivity index (χ2v) is 5.45. The maximum Gasteiger partial charge on any atom is 0.323 e. The van der Waals surface area contributed by atoms with Crippen LogP contribution in [-0.2, 0) is 7.05 Å². The Morgan fingerprint density at radius 1 is 1.33 bits per heavy atom. The molecule has 7 nitrogen and oxygen atoms in total. The molecule has 2 heterocycles. The van der Waals surface area contributed by atoms with Gasteiger partial charge < -0.3 is 19.9 Å². The molecule has 8 heteroatoms. The summed E-state index contributed by atoms with van der Waals surface area (Å²) < 4.78 is 1.34. The maximum absolute atomic E-state index is 12.5. The Hall–Kier alpha value is -1.60. The van der Waals surface area contributed by atoms with Crippen LogP contribution >= 0.6 is 11.6 Å². The smallest absolute Gasteiger partial charge is 0.323 e. The van der Waals surface area contributed by atoms with Crippen LogP contribution in [0.3, 0.4) is 0 Å². The van der Waals surface area contributed by atoms with E-state index in [-0.39, 0.29) is 11.7 Å². The summed E-state index contributed by atoms with van der Waals surface area (Å²) in [6.07, 6.45) is 0.884. The van der Waals surface area contributed by atoms with E-state index in [0.717, 1.165) is 26.1 Å². The van der Waals surface area contributed by atoms with Gasteiger partial charge in [0.2, 0.25) is 0 Å². The van der Waals surface area contributed by atoms with Gasteiger partial charge in [0.1, 0.15) is 0 Å². The molecule has 116 valence electrons. The molecule has 21 heavy (non-hydrogen) atoms. The molecule has 1 aliphatic rings. The van der Waals surface area contributed by atoms with Gasteiger partial charge in [-0.3, -0.25) is 4.79 Å². The Balaban J connectivity index is 2.08. The number of nitrogens with zero attached hydrogens (tertiary/aromatic N) is 4. The van der Waals surface area contributed by atoms with Crippen molar-refractivity contribution < 1.29 is 9.72 Å². The fourth-order valence-electron chi connectivity index (χ4n) is 2.58. The first-order valence-electron chi connectivity index (χ1n) is 6.92. The fourth-order valence-corrected chi connectivity index (χ4v) is 2.82. The van der Waals surface area contributed by atoms with Crippen molar-refractivity contribution in [1.29, 1.82) is 0 Å². The minimum Gasteiger partial charge on any atom is -0.358 e. The van der Waals surface area contributed by atoms with Gasteiger partial charge in [-0.1, -0.05) is 0 Å². The molecule has 1 aromatic rings. The Kier molecular flexibility index (Phi) is 5.19. The molecule has 1 fully saturated rings. The fraction of sp³-hybridized carbons (Fsp3) is 0.615. The molecule has 1 aliphatic heterocycles. The number of rotatable bonds is 4. The summed E-state index contributed by atoms with van der Waals surface area (Å²) in [5.41, 5.74) is 0.354. The van der Waals surface area contributed by atoms with Crippen molar-refractivity contribution in [3.63, 3.8) is 0 Å². The van der Waals surface area contributed by atoms with Gasteiger partial charge in [-0.15, -0.1) is 11.6 Å². The maximum atomic E-state index is 12.5. The van der Waals surface area contributed by atoms with Gasteiger partial charge in [0.15, 0.2) is 5.69 Å². The Labute approximate surface area is 128 Å². The first kappa shape index (κ1) is 15.8. The monoisotopic (exact) mass is 314 g/mol. The van der Waals surface area contributed by atoms with Gasteiger partial charge in [-0.25, -0.2) is 4.57 Å². The average Bonchev–Trinajstić information content (AvgIpc) is 2.68. The van der Waals surface area contributed by atoms with E-state index in [1.165, 1.54) is 16.7 Å². The molecule has 1 aromatic heterocycles. The molecule has 0 aromatic carbocycles. The third-order valence-electron chi connectivity index (χ3n) is 3.78. The molecule has 2 rings (SSSR count). The predicted molar refractivity (Wildman–Crippen MR) is 79.7 cm³/mol. The molecule has 0 radical (unpaired) electrons. The summed E-state index contributed by atoms with van der Waals surface area (Å²) in [5, 5.41) is 10.8. The molecule has 0 N–H and O–H groups in total. The predicted octanol–water partition coefficient (Wildman–Crippen LogP) is 1.32. The van der Waals surface area contributed by atoms with Crippen LogP contribution < -0.4 is 0 Å². The first-order chi connectivity index (χ1) is 10.0. The number of carbonyl (C=O) groups is 1. The molecule has 0 spiro atoms. The topological polar surface area (TPSA) is 71.6 Å². The second kappa shape index (κ2) is 6.91. The van der Waals surface area contributed by atoms with Crippen molar-refractivity contribution >= 4 is 23.3 Å². The van der Waals surface area contributed by atoms with Gasteiger partial charge in [-0.05, 0) is 24.0 Å². The third kappa shape index (κ3) is 3.54. The Morgan fingerprint density at radius 2 is 2.10 bits per heavy atom. The van der Waals surface area contributed by atoms with E-state index < -0.39 is 4.92 Å². The summed E-state index contributed by atoms with van der Waals surface area (Å²) in [7, 11) is 1.54. The minimum absolute atomic E-state index is 0.0723. The van der Waals surface area contributed by atoms with E-state index >= 15 is 0 Å². The highest BCUT2D eigenvalue weighted by atomic mass is 35.5. The minimum atomic E-state index is -0.485. The number of nitro groups is 1. The van der Waals surface area contributed by atoms with Gasteiger partial charge in [-0.2, -0.15) is 0 Å². The van der Waals surface area contributed by atoms with Crippen molar-refractivity contribution in [2.75, 3.05) is 38.6 Å². The highest BCUT2D eigenvalue weighted by Gasteiger charge is 2.26. The van der Waals surface area contributed by atoms with E-state index in [9.17, 15) is 14.9 Å². The molecule has 0 aliphatic carbocycles. The van der Waals surface area contributed by atoms with E-state index in [1.54, 1.807) is 11.9 Å². The van der Waals surface area contributed by atoms with Gasteiger partial charge >= 0.3 is 5.82 Å².